The molecule has 0 fully saturated rings. The van der Waals surface area contributed by atoms with Crippen LogP contribution in [0.25, 0.3) is 0 Å². The van der Waals surface area contributed by atoms with Crippen molar-refractivity contribution in [1.82, 2.24) is 4.98 Å². The van der Waals surface area contributed by atoms with Crippen LogP contribution in [0.1, 0.15) is 43.0 Å². The Morgan fingerprint density at radius 2 is 2.08 bits per heavy atom. The van der Waals surface area contributed by atoms with Crippen molar-refractivity contribution in [2.45, 2.75) is 34.1 Å². The third-order valence-electron chi connectivity index (χ3n) is 1.87. The SMILES string of the molecule is C.CCc1cc(CC)c(C=O)[nH]1. The summed E-state index contributed by atoms with van der Waals surface area (Å²) in [6.45, 7) is 4.12. The second kappa shape index (κ2) is 4.75. The van der Waals surface area contributed by atoms with Gasteiger partial charge >= 0.3 is 0 Å². The molecule has 68 valence electrons. The van der Waals surface area contributed by atoms with E-state index in [-0.39, 0.29) is 7.43 Å². The van der Waals surface area contributed by atoms with Crippen LogP contribution in [-0.4, -0.2) is 11.3 Å². The van der Waals surface area contributed by atoms with E-state index in [0.29, 0.717) is 0 Å². The number of nitrogens with one attached hydrogen (secondary N) is 1. The maximum Gasteiger partial charge on any atom is 0.166 e. The molecule has 2 nitrogen and oxygen atoms in total. The van der Waals surface area contributed by atoms with Gasteiger partial charge in [-0.05, 0) is 24.5 Å². The van der Waals surface area contributed by atoms with E-state index in [4.69, 9.17) is 0 Å². The van der Waals surface area contributed by atoms with Crippen molar-refractivity contribution < 1.29 is 4.79 Å². The molecule has 0 amide bonds. The smallest absolute Gasteiger partial charge is 0.166 e. The van der Waals surface area contributed by atoms with E-state index in [1.807, 2.05) is 0 Å². The van der Waals surface area contributed by atoms with Crippen molar-refractivity contribution in [3.63, 3.8) is 0 Å². The Hall–Kier alpha value is -1.05. The number of hydrogen-bond acceptors (Lipinski definition) is 1. The van der Waals surface area contributed by atoms with Crippen molar-refractivity contribution in [3.8, 4) is 0 Å². The number of rotatable bonds is 3. The number of aromatic amines is 1. The molecule has 0 unspecified atom stereocenters. The third-order valence-corrected chi connectivity index (χ3v) is 1.87. The van der Waals surface area contributed by atoms with Gasteiger partial charge < -0.3 is 4.98 Å². The number of carbonyl (C=O) groups is 1. The lowest BCUT2D eigenvalue weighted by atomic mass is 10.2. The van der Waals surface area contributed by atoms with Crippen molar-refractivity contribution in [3.05, 3.63) is 23.0 Å². The van der Waals surface area contributed by atoms with E-state index in [2.05, 4.69) is 24.9 Å². The summed E-state index contributed by atoms with van der Waals surface area (Å²) in [5.74, 6) is 0. The quantitative estimate of drug-likeness (QED) is 0.689. The largest absolute Gasteiger partial charge is 0.356 e. The molecule has 0 radical (unpaired) electrons. The Kier molecular flexibility index (Phi) is 4.34. The van der Waals surface area contributed by atoms with Gasteiger partial charge in [0.1, 0.15) is 0 Å². The van der Waals surface area contributed by atoms with Crippen LogP contribution in [0, 0.1) is 0 Å². The number of H-pyrrole nitrogens is 1. The maximum absolute atomic E-state index is 10.5. The highest BCUT2D eigenvalue weighted by molar-refractivity contribution is 5.74. The number of aryl methyl sites for hydroxylation is 2. The molecule has 1 N–H and O–H groups in total. The van der Waals surface area contributed by atoms with E-state index in [9.17, 15) is 4.79 Å². The molecule has 0 saturated carbocycles. The minimum absolute atomic E-state index is 0. The summed E-state index contributed by atoms with van der Waals surface area (Å²) in [7, 11) is 0. The number of carbonyl (C=O) groups excluding carboxylic acids is 1. The van der Waals surface area contributed by atoms with Gasteiger partial charge in [-0.25, -0.2) is 0 Å². The summed E-state index contributed by atoms with van der Waals surface area (Å²) in [6, 6.07) is 2.06. The van der Waals surface area contributed by atoms with Crippen molar-refractivity contribution >= 4 is 6.29 Å². The standard InChI is InChI=1S/C9H13NO.CH4/c1-3-7-5-8(4-2)10-9(7)6-11;/h5-6,10H,3-4H2,1-2H3;1H4. The molecule has 0 spiro atoms. The first-order valence-corrected chi connectivity index (χ1v) is 3.97. The number of aromatic nitrogens is 1. The van der Waals surface area contributed by atoms with Crippen LogP contribution >= 0.6 is 0 Å². The van der Waals surface area contributed by atoms with E-state index in [1.54, 1.807) is 0 Å². The normalized spacial score (nSPS) is 9.17. The first kappa shape index (κ1) is 11.0. The molecular formula is C10H17NO. The summed E-state index contributed by atoms with van der Waals surface area (Å²) in [6.07, 6.45) is 2.77. The Labute approximate surface area is 74.0 Å². The van der Waals surface area contributed by atoms with Crippen LogP contribution < -0.4 is 0 Å². The second-order valence-electron chi connectivity index (χ2n) is 2.56. The predicted octanol–water partition coefficient (Wildman–Crippen LogP) is 2.59. The molecule has 1 heterocycles. The summed E-state index contributed by atoms with van der Waals surface area (Å²) in [5, 5.41) is 0. The van der Waals surface area contributed by atoms with Crippen LogP contribution in [0.2, 0.25) is 0 Å². The Balaban J connectivity index is 0.00000121. The van der Waals surface area contributed by atoms with E-state index >= 15 is 0 Å². The van der Waals surface area contributed by atoms with Gasteiger partial charge in [-0.3, -0.25) is 4.79 Å². The Morgan fingerprint density at radius 3 is 2.42 bits per heavy atom. The molecule has 0 aliphatic carbocycles. The van der Waals surface area contributed by atoms with E-state index in [1.165, 1.54) is 0 Å². The number of hydrogen-bond donors (Lipinski definition) is 1. The van der Waals surface area contributed by atoms with Gasteiger partial charge in [0.05, 0.1) is 5.69 Å². The van der Waals surface area contributed by atoms with Crippen molar-refractivity contribution in [2.24, 2.45) is 0 Å². The van der Waals surface area contributed by atoms with Crippen LogP contribution in [-0.2, 0) is 12.8 Å². The second-order valence-corrected chi connectivity index (χ2v) is 2.56. The average Bonchev–Trinajstić information content (AvgIpc) is 2.46. The zero-order chi connectivity index (χ0) is 8.27. The molecule has 0 saturated heterocycles. The zero-order valence-corrected chi connectivity index (χ0v) is 6.98. The minimum Gasteiger partial charge on any atom is -0.356 e. The molecule has 1 aromatic rings. The monoisotopic (exact) mass is 167 g/mol. The maximum atomic E-state index is 10.5. The van der Waals surface area contributed by atoms with Crippen molar-refractivity contribution in [1.29, 1.82) is 0 Å². The molecule has 1 aromatic heterocycles. The lowest BCUT2D eigenvalue weighted by molar-refractivity contribution is 0.111. The van der Waals surface area contributed by atoms with Gasteiger partial charge in [-0.15, -0.1) is 0 Å². The molecule has 0 bridgehead atoms. The molecule has 0 aliphatic heterocycles. The zero-order valence-electron chi connectivity index (χ0n) is 6.98. The van der Waals surface area contributed by atoms with Gasteiger partial charge in [0.2, 0.25) is 0 Å². The molecule has 0 aliphatic rings. The highest BCUT2D eigenvalue weighted by Gasteiger charge is 2.02. The van der Waals surface area contributed by atoms with E-state index < -0.39 is 0 Å². The van der Waals surface area contributed by atoms with Gasteiger partial charge in [-0.1, -0.05) is 21.3 Å². The Morgan fingerprint density at radius 1 is 1.42 bits per heavy atom. The highest BCUT2D eigenvalue weighted by atomic mass is 16.1. The van der Waals surface area contributed by atoms with Crippen LogP contribution in [0.3, 0.4) is 0 Å². The van der Waals surface area contributed by atoms with E-state index in [0.717, 1.165) is 36.1 Å². The summed E-state index contributed by atoms with van der Waals surface area (Å²) >= 11 is 0. The number of aldehydes is 1. The molecular weight excluding hydrogens is 150 g/mol. The molecule has 2 heteroatoms. The molecule has 0 aromatic carbocycles. The predicted molar refractivity (Wildman–Crippen MR) is 51.7 cm³/mol. The molecule has 1 rings (SSSR count). The summed E-state index contributed by atoms with van der Waals surface area (Å²) in [5.41, 5.74) is 3.00. The summed E-state index contributed by atoms with van der Waals surface area (Å²) < 4.78 is 0. The minimum atomic E-state index is 0. The average molecular weight is 167 g/mol. The Bertz CT molecular complexity index is 250. The van der Waals surface area contributed by atoms with Crippen LogP contribution in [0.5, 0.6) is 0 Å². The highest BCUT2D eigenvalue weighted by Crippen LogP contribution is 2.09. The topological polar surface area (TPSA) is 32.9 Å². The van der Waals surface area contributed by atoms with Gasteiger partial charge in [0, 0.05) is 5.69 Å². The van der Waals surface area contributed by atoms with Gasteiger partial charge in [0.25, 0.3) is 0 Å². The third kappa shape index (κ3) is 1.97. The lowest BCUT2D eigenvalue weighted by Crippen LogP contribution is -1.85. The first-order valence-electron chi connectivity index (χ1n) is 3.97. The summed E-state index contributed by atoms with van der Waals surface area (Å²) in [4.78, 5) is 13.5. The van der Waals surface area contributed by atoms with Crippen LogP contribution in [0.4, 0.5) is 0 Å². The molecule has 12 heavy (non-hydrogen) atoms. The van der Waals surface area contributed by atoms with Gasteiger partial charge in [-0.2, -0.15) is 0 Å². The first-order chi connectivity index (χ1) is 5.31. The fourth-order valence-corrected chi connectivity index (χ4v) is 1.17. The fraction of sp³-hybridized carbons (Fsp3) is 0.500. The lowest BCUT2D eigenvalue weighted by Gasteiger charge is -1.87. The van der Waals surface area contributed by atoms with Crippen LogP contribution in [0.15, 0.2) is 6.07 Å². The van der Waals surface area contributed by atoms with Gasteiger partial charge in [0.15, 0.2) is 6.29 Å². The van der Waals surface area contributed by atoms with Crippen molar-refractivity contribution in [2.75, 3.05) is 0 Å². The fourth-order valence-electron chi connectivity index (χ4n) is 1.17. The molecule has 0 atom stereocenters.